The lowest BCUT2D eigenvalue weighted by Gasteiger charge is -2.38. The molecule has 3 heteroatoms. The number of nitrogens with zero attached hydrogens (tertiary/aromatic N) is 1. The SMILES string of the molecule is [B]C1CCN2CCCCCC2N1. The molecule has 2 atom stereocenters. The topological polar surface area (TPSA) is 15.3 Å². The van der Waals surface area contributed by atoms with Crippen LogP contribution in [-0.2, 0) is 0 Å². The van der Waals surface area contributed by atoms with Gasteiger partial charge in [-0.05, 0) is 31.7 Å². The van der Waals surface area contributed by atoms with E-state index in [1.54, 1.807) is 0 Å². The molecule has 2 radical (unpaired) electrons. The summed E-state index contributed by atoms with van der Waals surface area (Å²) in [5.41, 5.74) is 0. The van der Waals surface area contributed by atoms with Crippen molar-refractivity contribution in [3.8, 4) is 0 Å². The van der Waals surface area contributed by atoms with E-state index in [0.29, 0.717) is 6.17 Å². The molecule has 0 aromatic heterocycles. The van der Waals surface area contributed by atoms with Crippen LogP contribution in [0.4, 0.5) is 0 Å². The van der Waals surface area contributed by atoms with Gasteiger partial charge in [0.05, 0.1) is 14.0 Å². The molecule has 0 bridgehead atoms. The quantitative estimate of drug-likeness (QED) is 0.529. The summed E-state index contributed by atoms with van der Waals surface area (Å²) < 4.78 is 0. The van der Waals surface area contributed by atoms with Gasteiger partial charge in [0.1, 0.15) is 0 Å². The van der Waals surface area contributed by atoms with Crippen LogP contribution in [0.15, 0.2) is 0 Å². The highest BCUT2D eigenvalue weighted by Gasteiger charge is 2.25. The maximum absolute atomic E-state index is 5.85. The largest absolute Gasteiger partial charge is 0.308 e. The molecule has 2 saturated heterocycles. The molecule has 0 aromatic carbocycles. The van der Waals surface area contributed by atoms with E-state index in [-0.39, 0.29) is 5.94 Å². The van der Waals surface area contributed by atoms with Crippen LogP contribution in [-0.4, -0.2) is 37.9 Å². The summed E-state index contributed by atoms with van der Waals surface area (Å²) in [7, 11) is 5.85. The molecule has 2 nitrogen and oxygen atoms in total. The summed E-state index contributed by atoms with van der Waals surface area (Å²) in [4.78, 5) is 2.55. The summed E-state index contributed by atoms with van der Waals surface area (Å²) >= 11 is 0. The van der Waals surface area contributed by atoms with Gasteiger partial charge in [0.15, 0.2) is 0 Å². The monoisotopic (exact) mass is 164 g/mol. The van der Waals surface area contributed by atoms with E-state index < -0.39 is 0 Å². The lowest BCUT2D eigenvalue weighted by Crippen LogP contribution is -2.55. The molecule has 2 unspecified atom stereocenters. The first-order valence-corrected chi connectivity index (χ1v) is 5.12. The Bertz CT molecular complexity index is 151. The van der Waals surface area contributed by atoms with Gasteiger partial charge >= 0.3 is 0 Å². The Kier molecular flexibility index (Phi) is 2.71. The fourth-order valence-electron chi connectivity index (χ4n) is 2.26. The number of hydrogen-bond acceptors (Lipinski definition) is 2. The van der Waals surface area contributed by atoms with Crippen LogP contribution in [0, 0.1) is 0 Å². The van der Waals surface area contributed by atoms with E-state index in [0.717, 1.165) is 6.42 Å². The predicted octanol–water partition coefficient (Wildman–Crippen LogP) is 0.676. The fraction of sp³-hybridized carbons (Fsp3) is 1.00. The summed E-state index contributed by atoms with van der Waals surface area (Å²) in [6.45, 7) is 2.46. The van der Waals surface area contributed by atoms with E-state index in [4.69, 9.17) is 7.85 Å². The van der Waals surface area contributed by atoms with Crippen LogP contribution in [0.1, 0.15) is 32.1 Å². The van der Waals surface area contributed by atoms with Crippen molar-refractivity contribution in [3.05, 3.63) is 0 Å². The van der Waals surface area contributed by atoms with Gasteiger partial charge in [-0.3, -0.25) is 4.90 Å². The summed E-state index contributed by atoms with van der Waals surface area (Å²) in [5.74, 6) is 0.240. The molecule has 2 aliphatic rings. The van der Waals surface area contributed by atoms with Crippen molar-refractivity contribution in [2.24, 2.45) is 0 Å². The van der Waals surface area contributed by atoms with Crippen molar-refractivity contribution in [2.45, 2.75) is 44.2 Å². The normalized spacial score (nSPS) is 38.7. The van der Waals surface area contributed by atoms with Crippen LogP contribution in [0.2, 0.25) is 0 Å². The summed E-state index contributed by atoms with van der Waals surface area (Å²) in [6.07, 6.45) is 7.10. The molecule has 2 heterocycles. The summed E-state index contributed by atoms with van der Waals surface area (Å²) in [5, 5.41) is 3.46. The van der Waals surface area contributed by atoms with Crippen LogP contribution in [0.5, 0.6) is 0 Å². The average Bonchev–Trinajstić information content (AvgIpc) is 2.28. The molecule has 0 saturated carbocycles. The maximum Gasteiger partial charge on any atom is 0.0908 e. The lowest BCUT2D eigenvalue weighted by atomic mass is 9.90. The zero-order valence-corrected chi connectivity index (χ0v) is 7.63. The average molecular weight is 164 g/mol. The van der Waals surface area contributed by atoms with Crippen LogP contribution in [0.25, 0.3) is 0 Å². The molecule has 0 aromatic rings. The molecule has 66 valence electrons. The van der Waals surface area contributed by atoms with E-state index in [9.17, 15) is 0 Å². The molecule has 2 rings (SSSR count). The van der Waals surface area contributed by atoms with Gasteiger partial charge < -0.3 is 5.32 Å². The molecule has 0 spiro atoms. The van der Waals surface area contributed by atoms with Crippen molar-refractivity contribution in [1.82, 2.24) is 10.2 Å². The van der Waals surface area contributed by atoms with Gasteiger partial charge in [0, 0.05) is 6.54 Å². The second kappa shape index (κ2) is 3.80. The van der Waals surface area contributed by atoms with Gasteiger partial charge in [-0.25, -0.2) is 0 Å². The van der Waals surface area contributed by atoms with Gasteiger partial charge in [-0.15, -0.1) is 0 Å². The van der Waals surface area contributed by atoms with Crippen LogP contribution >= 0.6 is 0 Å². The van der Waals surface area contributed by atoms with Crippen molar-refractivity contribution in [3.63, 3.8) is 0 Å². The lowest BCUT2D eigenvalue weighted by molar-refractivity contribution is 0.125. The second-order valence-electron chi connectivity index (χ2n) is 3.96. The first kappa shape index (κ1) is 8.58. The molecule has 2 aliphatic heterocycles. The van der Waals surface area contributed by atoms with Gasteiger partial charge in [0.2, 0.25) is 0 Å². The number of rotatable bonds is 0. The van der Waals surface area contributed by atoms with Gasteiger partial charge in [-0.2, -0.15) is 0 Å². The highest BCUT2D eigenvalue weighted by atomic mass is 15.3. The van der Waals surface area contributed by atoms with Crippen LogP contribution in [0.3, 0.4) is 0 Å². The Balaban J connectivity index is 1.94. The van der Waals surface area contributed by atoms with Crippen molar-refractivity contribution >= 4 is 7.85 Å². The standard InChI is InChI=1S/C9H17BN2/c10-8-5-7-12-6-3-1-2-4-9(12)11-8/h8-9,11H,1-7H2. The fourth-order valence-corrected chi connectivity index (χ4v) is 2.26. The Hall–Kier alpha value is -0.0151. The minimum absolute atomic E-state index is 0.240. The van der Waals surface area contributed by atoms with Crippen LogP contribution < -0.4 is 5.32 Å². The minimum Gasteiger partial charge on any atom is -0.308 e. The van der Waals surface area contributed by atoms with E-state index in [1.807, 2.05) is 0 Å². The van der Waals surface area contributed by atoms with Crippen molar-refractivity contribution in [2.75, 3.05) is 13.1 Å². The van der Waals surface area contributed by atoms with E-state index in [2.05, 4.69) is 10.2 Å². The Morgan fingerprint density at radius 3 is 2.92 bits per heavy atom. The third-order valence-electron chi connectivity index (χ3n) is 3.00. The number of fused-ring (bicyclic) bond motifs is 1. The molecule has 2 fully saturated rings. The predicted molar refractivity (Wildman–Crippen MR) is 51.1 cm³/mol. The second-order valence-corrected chi connectivity index (χ2v) is 3.96. The van der Waals surface area contributed by atoms with Gasteiger partial charge in [0.25, 0.3) is 0 Å². The van der Waals surface area contributed by atoms with Gasteiger partial charge in [-0.1, -0.05) is 12.8 Å². The maximum atomic E-state index is 5.85. The highest BCUT2D eigenvalue weighted by Crippen LogP contribution is 2.18. The third-order valence-corrected chi connectivity index (χ3v) is 3.00. The van der Waals surface area contributed by atoms with Crippen molar-refractivity contribution in [1.29, 1.82) is 0 Å². The number of hydrogen-bond donors (Lipinski definition) is 1. The molecule has 0 aliphatic carbocycles. The molecule has 1 N–H and O–H groups in total. The Morgan fingerprint density at radius 1 is 1.08 bits per heavy atom. The molecule has 0 amide bonds. The molecular formula is C9H17BN2. The Morgan fingerprint density at radius 2 is 2.00 bits per heavy atom. The minimum atomic E-state index is 0.240. The third kappa shape index (κ3) is 1.83. The first-order valence-electron chi connectivity index (χ1n) is 5.12. The van der Waals surface area contributed by atoms with E-state index >= 15 is 0 Å². The van der Waals surface area contributed by atoms with Crippen molar-refractivity contribution < 1.29 is 0 Å². The van der Waals surface area contributed by atoms with E-state index in [1.165, 1.54) is 38.8 Å². The smallest absolute Gasteiger partial charge is 0.0908 e. The summed E-state index contributed by atoms with van der Waals surface area (Å²) in [6, 6.07) is 0. The Labute approximate surface area is 76.1 Å². The highest BCUT2D eigenvalue weighted by molar-refractivity contribution is 6.11. The molecular weight excluding hydrogens is 147 g/mol. The zero-order chi connectivity index (χ0) is 8.39. The zero-order valence-electron chi connectivity index (χ0n) is 7.63. The number of nitrogens with one attached hydrogen (secondary N) is 1. The molecule has 12 heavy (non-hydrogen) atoms. The first-order chi connectivity index (χ1) is 5.86.